The van der Waals surface area contributed by atoms with Crippen LogP contribution >= 0.6 is 22.7 Å². The molecule has 1 aliphatic heterocycles. The molecule has 0 radical (unpaired) electrons. The summed E-state index contributed by atoms with van der Waals surface area (Å²) in [5, 5.41) is 12.9. The standard InChI is InChI=1S/C26H26N2O7S2/c1-5-11-35-16-10-9-15(13-17(16)34-6-2)20-19(21(29)18-8-7-12-36-18)22(30)24(31)28(20)26-27-14(3)23(37-26)25(32)33-4/h7-10,12-13,20,30H,5-6,11H2,1-4H3. The van der Waals surface area contributed by atoms with Gasteiger partial charge in [0.25, 0.3) is 5.91 Å². The highest BCUT2D eigenvalue weighted by Gasteiger charge is 2.46. The number of carbonyl (C=O) groups excluding carboxylic acids is 3. The number of carbonyl (C=O) groups is 3. The number of methoxy groups -OCH3 is 1. The van der Waals surface area contributed by atoms with Gasteiger partial charge in [-0.2, -0.15) is 0 Å². The minimum atomic E-state index is -1.02. The first-order valence-electron chi connectivity index (χ1n) is 11.6. The Morgan fingerprint density at radius 3 is 2.59 bits per heavy atom. The number of amides is 1. The lowest BCUT2D eigenvalue weighted by atomic mass is 9.95. The Morgan fingerprint density at radius 2 is 1.95 bits per heavy atom. The number of esters is 1. The van der Waals surface area contributed by atoms with Gasteiger partial charge in [-0.1, -0.05) is 30.4 Å². The summed E-state index contributed by atoms with van der Waals surface area (Å²) in [7, 11) is 1.26. The van der Waals surface area contributed by atoms with E-state index >= 15 is 0 Å². The third-order valence-electron chi connectivity index (χ3n) is 5.60. The summed E-state index contributed by atoms with van der Waals surface area (Å²) in [5.41, 5.74) is 0.802. The lowest BCUT2D eigenvalue weighted by molar-refractivity contribution is -0.117. The topological polar surface area (TPSA) is 115 Å². The Kier molecular flexibility index (Phi) is 7.94. The van der Waals surface area contributed by atoms with E-state index in [-0.39, 0.29) is 15.6 Å². The van der Waals surface area contributed by atoms with Gasteiger partial charge < -0.3 is 19.3 Å². The molecule has 9 nitrogen and oxygen atoms in total. The highest BCUT2D eigenvalue weighted by molar-refractivity contribution is 7.17. The molecule has 1 aromatic carbocycles. The number of thiazole rings is 1. The Hall–Kier alpha value is -3.70. The number of Topliss-reactive ketones (excluding diaryl/α,β-unsaturated/α-hetero) is 1. The number of aromatic nitrogens is 1. The zero-order chi connectivity index (χ0) is 26.7. The van der Waals surface area contributed by atoms with Gasteiger partial charge in [-0.25, -0.2) is 9.78 Å². The number of aryl methyl sites for hydroxylation is 1. The number of anilines is 1. The van der Waals surface area contributed by atoms with Crippen LogP contribution in [0.5, 0.6) is 11.5 Å². The van der Waals surface area contributed by atoms with Crippen LogP contribution in [0.4, 0.5) is 5.13 Å². The van der Waals surface area contributed by atoms with Gasteiger partial charge in [0.2, 0.25) is 5.78 Å². The second-order valence-electron chi connectivity index (χ2n) is 8.04. The van der Waals surface area contributed by atoms with Crippen LogP contribution in [-0.2, 0) is 9.53 Å². The zero-order valence-electron chi connectivity index (χ0n) is 20.8. The SMILES string of the molecule is CCCOc1ccc(C2C(C(=O)c3cccs3)=C(O)C(=O)N2c2nc(C)c(C(=O)OC)s2)cc1OCC. The van der Waals surface area contributed by atoms with Gasteiger partial charge in [-0.3, -0.25) is 14.5 Å². The van der Waals surface area contributed by atoms with Crippen LogP contribution in [-0.4, -0.2) is 48.1 Å². The molecule has 0 saturated heterocycles. The lowest BCUT2D eigenvalue weighted by Gasteiger charge is -2.25. The van der Waals surface area contributed by atoms with E-state index < -0.39 is 29.5 Å². The van der Waals surface area contributed by atoms with Gasteiger partial charge >= 0.3 is 5.97 Å². The number of aliphatic hydroxyl groups excluding tert-OH is 1. The summed E-state index contributed by atoms with van der Waals surface area (Å²) >= 11 is 2.16. The van der Waals surface area contributed by atoms with Crippen molar-refractivity contribution in [1.29, 1.82) is 0 Å². The van der Waals surface area contributed by atoms with Crippen molar-refractivity contribution in [3.63, 3.8) is 0 Å². The van der Waals surface area contributed by atoms with E-state index in [1.807, 2.05) is 13.8 Å². The van der Waals surface area contributed by atoms with Crippen LogP contribution < -0.4 is 14.4 Å². The van der Waals surface area contributed by atoms with E-state index in [0.717, 1.165) is 17.8 Å². The Balaban J connectivity index is 1.88. The third kappa shape index (κ3) is 4.96. The molecule has 1 unspecified atom stereocenters. The number of rotatable bonds is 10. The van der Waals surface area contributed by atoms with Crippen LogP contribution in [0.1, 0.15) is 56.9 Å². The van der Waals surface area contributed by atoms with Crippen LogP contribution in [0.2, 0.25) is 0 Å². The summed E-state index contributed by atoms with van der Waals surface area (Å²) in [6.07, 6.45) is 0.806. The van der Waals surface area contributed by atoms with E-state index in [0.29, 0.717) is 40.8 Å². The van der Waals surface area contributed by atoms with E-state index in [4.69, 9.17) is 14.2 Å². The largest absolute Gasteiger partial charge is 0.503 e. The molecule has 11 heteroatoms. The van der Waals surface area contributed by atoms with Gasteiger partial charge in [-0.05, 0) is 49.4 Å². The van der Waals surface area contributed by atoms with Crippen molar-refractivity contribution in [2.75, 3.05) is 25.2 Å². The first-order chi connectivity index (χ1) is 17.8. The molecule has 1 N–H and O–H groups in total. The maximum Gasteiger partial charge on any atom is 0.350 e. The first kappa shape index (κ1) is 26.4. The van der Waals surface area contributed by atoms with Crippen LogP contribution in [0.3, 0.4) is 0 Å². The number of ketones is 1. The molecule has 1 atom stereocenters. The zero-order valence-corrected chi connectivity index (χ0v) is 22.4. The summed E-state index contributed by atoms with van der Waals surface area (Å²) in [4.78, 5) is 45.4. The van der Waals surface area contributed by atoms with Crippen molar-refractivity contribution >= 4 is 45.5 Å². The smallest absolute Gasteiger partial charge is 0.350 e. The van der Waals surface area contributed by atoms with E-state index in [9.17, 15) is 19.5 Å². The number of nitrogens with zero attached hydrogens (tertiary/aromatic N) is 2. The maximum absolute atomic E-state index is 13.5. The Morgan fingerprint density at radius 1 is 1.16 bits per heavy atom. The van der Waals surface area contributed by atoms with Crippen molar-refractivity contribution in [3.05, 3.63) is 68.1 Å². The second-order valence-corrected chi connectivity index (χ2v) is 9.96. The van der Waals surface area contributed by atoms with E-state index in [1.54, 1.807) is 42.6 Å². The summed E-state index contributed by atoms with van der Waals surface area (Å²) in [5.74, 6) is -1.55. The van der Waals surface area contributed by atoms with Gasteiger partial charge in [0.1, 0.15) is 4.88 Å². The second kappa shape index (κ2) is 11.1. The molecule has 3 heterocycles. The molecule has 0 bridgehead atoms. The normalized spacial score (nSPS) is 15.3. The number of hydrogen-bond donors (Lipinski definition) is 1. The van der Waals surface area contributed by atoms with Gasteiger partial charge in [0.15, 0.2) is 22.4 Å². The molecule has 4 rings (SSSR count). The maximum atomic E-state index is 13.5. The fraction of sp³-hybridized carbons (Fsp3) is 0.308. The van der Waals surface area contributed by atoms with Gasteiger partial charge in [0.05, 0.1) is 42.5 Å². The van der Waals surface area contributed by atoms with E-state index in [2.05, 4.69) is 4.98 Å². The molecule has 0 aliphatic carbocycles. The predicted octanol–water partition coefficient (Wildman–Crippen LogP) is 5.27. The summed E-state index contributed by atoms with van der Waals surface area (Å²) in [6, 6.07) is 7.47. The number of benzene rings is 1. The molecular weight excluding hydrogens is 516 g/mol. The van der Waals surface area contributed by atoms with Crippen molar-refractivity contribution in [2.45, 2.75) is 33.2 Å². The van der Waals surface area contributed by atoms with Crippen molar-refractivity contribution in [2.24, 2.45) is 0 Å². The van der Waals surface area contributed by atoms with Crippen LogP contribution in [0, 0.1) is 6.92 Å². The van der Waals surface area contributed by atoms with Crippen molar-refractivity contribution < 1.29 is 33.7 Å². The molecule has 3 aromatic rings. The van der Waals surface area contributed by atoms with E-state index in [1.165, 1.54) is 23.3 Å². The summed E-state index contributed by atoms with van der Waals surface area (Å²) < 4.78 is 16.4. The number of aliphatic hydroxyl groups is 1. The molecule has 194 valence electrons. The van der Waals surface area contributed by atoms with Crippen molar-refractivity contribution in [3.8, 4) is 11.5 Å². The predicted molar refractivity (Wildman–Crippen MR) is 140 cm³/mol. The fourth-order valence-corrected chi connectivity index (χ4v) is 5.64. The molecular formula is C26H26N2O7S2. The van der Waals surface area contributed by atoms with Crippen molar-refractivity contribution in [1.82, 2.24) is 4.98 Å². The monoisotopic (exact) mass is 542 g/mol. The minimum absolute atomic E-state index is 0.0791. The third-order valence-corrected chi connectivity index (χ3v) is 7.61. The van der Waals surface area contributed by atoms with Crippen LogP contribution in [0.15, 0.2) is 47.0 Å². The molecule has 37 heavy (non-hydrogen) atoms. The lowest BCUT2D eigenvalue weighted by Crippen LogP contribution is -2.31. The highest BCUT2D eigenvalue weighted by Crippen LogP contribution is 2.45. The summed E-state index contributed by atoms with van der Waals surface area (Å²) in [6.45, 7) is 6.32. The number of ether oxygens (including phenoxy) is 3. The van der Waals surface area contributed by atoms with Gasteiger partial charge in [0, 0.05) is 0 Å². The molecule has 0 fully saturated rings. The molecule has 0 spiro atoms. The minimum Gasteiger partial charge on any atom is -0.503 e. The average Bonchev–Trinajstić information content (AvgIpc) is 3.62. The number of hydrogen-bond acceptors (Lipinski definition) is 10. The fourth-order valence-electron chi connectivity index (χ4n) is 3.95. The molecule has 1 aliphatic rings. The Bertz CT molecular complexity index is 1360. The Labute approximate surface area is 221 Å². The number of thiophene rings is 1. The molecule has 1 amide bonds. The molecule has 2 aromatic heterocycles. The average molecular weight is 543 g/mol. The van der Waals surface area contributed by atoms with Gasteiger partial charge in [-0.15, -0.1) is 11.3 Å². The first-order valence-corrected chi connectivity index (χ1v) is 13.3. The quantitative estimate of drug-likeness (QED) is 0.272. The highest BCUT2D eigenvalue weighted by atomic mass is 32.1. The van der Waals surface area contributed by atoms with Crippen LogP contribution in [0.25, 0.3) is 0 Å². The molecule has 0 saturated carbocycles.